The first kappa shape index (κ1) is 38.7. The molecular weight excluding hydrogens is 815 g/mol. The van der Waals surface area contributed by atoms with Gasteiger partial charge in [0.25, 0.3) is 0 Å². The van der Waals surface area contributed by atoms with Crippen molar-refractivity contribution in [2.24, 2.45) is 0 Å². The van der Waals surface area contributed by atoms with Gasteiger partial charge in [-0.1, -0.05) is 139 Å². The molecule has 12 rings (SSSR count). The second-order valence-electron chi connectivity index (χ2n) is 16.5. The van der Waals surface area contributed by atoms with Crippen molar-refractivity contribution in [3.63, 3.8) is 0 Å². The zero-order valence-corrected chi connectivity index (χ0v) is 35.7. The van der Waals surface area contributed by atoms with Crippen LogP contribution < -0.4 is 5.63 Å². The molecule has 2 N–H and O–H groups in total. The highest BCUT2D eigenvalue weighted by Crippen LogP contribution is 2.39. The minimum atomic E-state index is -0.386. The molecule has 0 saturated carbocycles. The fourth-order valence-electron chi connectivity index (χ4n) is 9.28. The van der Waals surface area contributed by atoms with Crippen LogP contribution in [0.1, 0.15) is 33.9 Å². The molecule has 9 nitrogen and oxygen atoms in total. The Morgan fingerprint density at radius 3 is 1.56 bits per heavy atom. The lowest BCUT2D eigenvalue weighted by atomic mass is 10.0. The minimum absolute atomic E-state index is 0.380. The molecule has 10 aromatic rings. The Morgan fingerprint density at radius 1 is 0.515 bits per heavy atom. The average molecular weight is 854 g/mol. The number of aromatic nitrogens is 7. The van der Waals surface area contributed by atoms with Gasteiger partial charge in [-0.2, -0.15) is 0 Å². The number of hydrogen-bond donors (Lipinski definition) is 2. The molecule has 314 valence electrons. The quantitative estimate of drug-likeness (QED) is 0.154. The monoisotopic (exact) mass is 853 g/mol. The number of nitrogens with zero attached hydrogens (tertiary/aromatic N) is 5. The van der Waals surface area contributed by atoms with E-state index in [-0.39, 0.29) is 5.63 Å². The summed E-state index contributed by atoms with van der Waals surface area (Å²) in [5.41, 5.74) is 18.4. The maximum Gasteiger partial charge on any atom is 0.336 e. The Kier molecular flexibility index (Phi) is 9.38. The summed E-state index contributed by atoms with van der Waals surface area (Å²) in [4.78, 5) is 31.1. The van der Waals surface area contributed by atoms with Crippen molar-refractivity contribution in [1.82, 2.24) is 34.9 Å². The Balaban J connectivity index is 1.17. The number of nitrogens with one attached hydrogen (secondary N) is 2. The highest BCUT2D eigenvalue weighted by atomic mass is 16.4. The third kappa shape index (κ3) is 6.96. The molecule has 5 aromatic heterocycles. The number of H-pyrrole nitrogens is 2. The Hall–Kier alpha value is -8.95. The van der Waals surface area contributed by atoms with E-state index in [2.05, 4.69) is 160 Å². The highest BCUT2D eigenvalue weighted by molar-refractivity contribution is 6.00. The van der Waals surface area contributed by atoms with Crippen LogP contribution in [0, 0.1) is 6.92 Å². The molecule has 0 atom stereocenters. The predicted octanol–water partition coefficient (Wildman–Crippen LogP) is 13.0. The summed E-state index contributed by atoms with van der Waals surface area (Å²) in [6.07, 6.45) is 10.4. The van der Waals surface area contributed by atoms with Gasteiger partial charge in [-0.25, -0.2) is 19.4 Å². The van der Waals surface area contributed by atoms with Crippen LogP contribution in [-0.2, 0) is 6.54 Å². The van der Waals surface area contributed by atoms with Crippen LogP contribution in [0.15, 0.2) is 179 Å². The van der Waals surface area contributed by atoms with E-state index in [4.69, 9.17) is 14.4 Å². The van der Waals surface area contributed by atoms with Gasteiger partial charge in [0.15, 0.2) is 0 Å². The fraction of sp³-hybridized carbons (Fsp3) is 0.0351. The van der Waals surface area contributed by atoms with Crippen molar-refractivity contribution in [3.8, 4) is 55.8 Å². The van der Waals surface area contributed by atoms with Crippen LogP contribution in [0.3, 0.4) is 0 Å². The normalized spacial score (nSPS) is 12.0. The lowest BCUT2D eigenvalue weighted by Gasteiger charge is -2.08. The van der Waals surface area contributed by atoms with Crippen LogP contribution in [-0.4, -0.2) is 34.9 Å². The highest BCUT2D eigenvalue weighted by Gasteiger charge is 2.21. The van der Waals surface area contributed by atoms with Gasteiger partial charge >= 0.3 is 5.63 Å². The molecular formula is C57H39N7O2. The van der Waals surface area contributed by atoms with E-state index in [9.17, 15) is 4.79 Å². The lowest BCUT2D eigenvalue weighted by Crippen LogP contribution is -2.00. The van der Waals surface area contributed by atoms with Crippen molar-refractivity contribution in [2.75, 3.05) is 0 Å². The largest absolute Gasteiger partial charge is 0.423 e. The van der Waals surface area contributed by atoms with E-state index in [1.807, 2.05) is 60.3 Å². The number of fused-ring (bicyclic) bond motifs is 9. The standard InChI is InChI=1S/C57H39N7O2/c1-35-30-52(65)66-51-32-40(22-23-42(35)51)50-34-64(63-62-50)33-41-31-49-55(38-18-10-4-11-19-38)47-27-26-45(59-47)53(36-14-6-2-7-15-36)43-24-25-44(58-43)54(37-16-8-3-9-17-37)46-28-29-48(60-46)56(57(41)61-49)39-20-12-5-13-21-39/h2-32,34,58,61H,33H2,1H3. The van der Waals surface area contributed by atoms with Crippen LogP contribution >= 0.6 is 0 Å². The summed E-state index contributed by atoms with van der Waals surface area (Å²) >= 11 is 0. The van der Waals surface area contributed by atoms with Gasteiger partial charge in [0.1, 0.15) is 11.3 Å². The van der Waals surface area contributed by atoms with Gasteiger partial charge in [0, 0.05) is 55.8 Å². The molecule has 5 aromatic carbocycles. The molecule has 2 aliphatic heterocycles. The van der Waals surface area contributed by atoms with Gasteiger partial charge in [-0.05, 0) is 88.9 Å². The smallest absolute Gasteiger partial charge is 0.336 e. The van der Waals surface area contributed by atoms with Crippen LogP contribution in [0.5, 0.6) is 0 Å². The van der Waals surface area contributed by atoms with Crippen LogP contribution in [0.25, 0.3) is 113 Å². The first-order valence-electron chi connectivity index (χ1n) is 21.9. The zero-order chi connectivity index (χ0) is 44.1. The zero-order valence-electron chi connectivity index (χ0n) is 35.7. The Morgan fingerprint density at radius 2 is 1.02 bits per heavy atom. The van der Waals surface area contributed by atoms with Gasteiger partial charge in [-0.3, -0.25) is 0 Å². The molecule has 8 bridgehead atoms. The first-order valence-corrected chi connectivity index (χ1v) is 21.9. The second-order valence-corrected chi connectivity index (χ2v) is 16.5. The second kappa shape index (κ2) is 16.0. The molecule has 9 heteroatoms. The number of aryl methyl sites for hydroxylation is 1. The van der Waals surface area contributed by atoms with Crippen molar-refractivity contribution < 1.29 is 4.42 Å². The number of rotatable bonds is 7. The molecule has 0 spiro atoms. The molecule has 7 heterocycles. The molecule has 0 fully saturated rings. The lowest BCUT2D eigenvalue weighted by molar-refractivity contribution is 0.560. The fourth-order valence-corrected chi connectivity index (χ4v) is 9.28. The van der Waals surface area contributed by atoms with Gasteiger partial charge in [0.05, 0.1) is 41.0 Å². The van der Waals surface area contributed by atoms with Crippen molar-refractivity contribution in [1.29, 1.82) is 0 Å². The summed E-state index contributed by atoms with van der Waals surface area (Å²) < 4.78 is 7.44. The van der Waals surface area contributed by atoms with Gasteiger partial charge < -0.3 is 14.4 Å². The maximum absolute atomic E-state index is 12.3. The summed E-state index contributed by atoms with van der Waals surface area (Å²) in [6.45, 7) is 2.29. The Bertz CT molecular complexity index is 3810. The molecule has 2 aliphatic rings. The maximum atomic E-state index is 12.3. The van der Waals surface area contributed by atoms with Crippen molar-refractivity contribution in [2.45, 2.75) is 13.5 Å². The summed E-state index contributed by atoms with van der Waals surface area (Å²) in [6, 6.07) is 55.5. The topological polar surface area (TPSA) is 118 Å². The van der Waals surface area contributed by atoms with Crippen molar-refractivity contribution in [3.05, 3.63) is 214 Å². The van der Waals surface area contributed by atoms with Crippen LogP contribution in [0.2, 0.25) is 0 Å². The third-order valence-electron chi connectivity index (χ3n) is 12.3. The third-order valence-corrected chi connectivity index (χ3v) is 12.3. The van der Waals surface area contributed by atoms with E-state index in [0.717, 1.165) is 111 Å². The molecule has 0 unspecified atom stereocenters. The van der Waals surface area contributed by atoms with Gasteiger partial charge in [-0.15, -0.1) is 5.10 Å². The summed E-state index contributed by atoms with van der Waals surface area (Å²) in [5.74, 6) is 0. The summed E-state index contributed by atoms with van der Waals surface area (Å²) in [7, 11) is 0. The van der Waals surface area contributed by atoms with E-state index in [0.29, 0.717) is 17.8 Å². The molecule has 0 radical (unpaired) electrons. The predicted molar refractivity (Wildman–Crippen MR) is 266 cm³/mol. The summed E-state index contributed by atoms with van der Waals surface area (Å²) in [5, 5.41) is 10.2. The molecule has 66 heavy (non-hydrogen) atoms. The minimum Gasteiger partial charge on any atom is -0.423 e. The molecule has 0 amide bonds. The number of aromatic amines is 2. The van der Waals surface area contributed by atoms with E-state index >= 15 is 0 Å². The van der Waals surface area contributed by atoms with Gasteiger partial charge in [0.2, 0.25) is 0 Å². The van der Waals surface area contributed by atoms with Crippen molar-refractivity contribution >= 4 is 57.3 Å². The number of hydrogen-bond acceptors (Lipinski definition) is 6. The molecule has 0 saturated heterocycles. The van der Waals surface area contributed by atoms with Crippen LogP contribution in [0.4, 0.5) is 0 Å². The first-order chi connectivity index (χ1) is 32.5. The van der Waals surface area contributed by atoms with E-state index in [1.165, 1.54) is 6.07 Å². The molecule has 0 aliphatic carbocycles. The number of benzene rings is 5. The average Bonchev–Trinajstić information content (AvgIpc) is 4.22. The van der Waals surface area contributed by atoms with E-state index < -0.39 is 0 Å². The van der Waals surface area contributed by atoms with E-state index in [1.54, 1.807) is 0 Å². The Labute approximate surface area is 378 Å². The SMILES string of the molecule is Cc1cc(=O)oc2cc(-c3cn(Cc4cc5[nH]c4c(-c4ccccc4)c4nc(c(-c6ccccc6)c6ccc([nH]6)c(-c6ccccc6)c6nc(c5-c5ccccc5)C=C6)C=C4)nn3)ccc12.